The largest absolute Gasteiger partial charge is 0.322 e. The second-order valence-electron chi connectivity index (χ2n) is 7.63. The number of nitrogens with one attached hydrogen (secondary N) is 2. The van der Waals surface area contributed by atoms with E-state index in [1.807, 2.05) is 36.4 Å². The predicted octanol–water partition coefficient (Wildman–Crippen LogP) is -0.702. The summed E-state index contributed by atoms with van der Waals surface area (Å²) < 4.78 is 0. The molecule has 0 aromatic heterocycles. The van der Waals surface area contributed by atoms with Crippen molar-refractivity contribution in [3.8, 4) is 0 Å². The molecule has 2 N–H and O–H groups in total. The Balaban J connectivity index is 1.33. The molecule has 0 bridgehead atoms. The Morgan fingerprint density at radius 1 is 0.815 bits per heavy atom. The highest BCUT2D eigenvalue weighted by molar-refractivity contribution is 6.04. The number of amides is 2. The van der Waals surface area contributed by atoms with Crippen LogP contribution < -0.4 is 9.80 Å². The van der Waals surface area contributed by atoms with Crippen LogP contribution in [0.4, 0.5) is 0 Å². The summed E-state index contributed by atoms with van der Waals surface area (Å²) in [5.41, 5.74) is 2.36. The fourth-order valence-corrected chi connectivity index (χ4v) is 4.27. The Morgan fingerprint density at radius 2 is 1.41 bits per heavy atom. The van der Waals surface area contributed by atoms with Gasteiger partial charge in [0, 0.05) is 5.56 Å². The van der Waals surface area contributed by atoms with Gasteiger partial charge in [0.05, 0.1) is 13.0 Å². The van der Waals surface area contributed by atoms with Crippen molar-refractivity contribution in [2.45, 2.75) is 25.6 Å². The Labute approximate surface area is 160 Å². The van der Waals surface area contributed by atoms with Gasteiger partial charge in [-0.05, 0) is 5.56 Å². The van der Waals surface area contributed by atoms with Crippen LogP contribution in [-0.4, -0.2) is 48.9 Å². The number of rotatable bonds is 5. The van der Waals surface area contributed by atoms with E-state index in [-0.39, 0.29) is 17.9 Å². The van der Waals surface area contributed by atoms with E-state index >= 15 is 0 Å². The van der Waals surface area contributed by atoms with E-state index in [1.54, 1.807) is 4.90 Å². The lowest BCUT2D eigenvalue weighted by molar-refractivity contribution is -1.02. The molecule has 1 atom stereocenters. The van der Waals surface area contributed by atoms with E-state index in [9.17, 15) is 9.59 Å². The summed E-state index contributed by atoms with van der Waals surface area (Å²) in [4.78, 5) is 29.6. The van der Waals surface area contributed by atoms with Gasteiger partial charge in [0.1, 0.15) is 32.7 Å². The molecule has 0 saturated carbocycles. The molecule has 0 unspecified atom stereocenters. The maximum atomic E-state index is 12.9. The molecule has 2 aromatic carbocycles. The molecule has 27 heavy (non-hydrogen) atoms. The molecule has 2 amide bonds. The summed E-state index contributed by atoms with van der Waals surface area (Å²) in [5.74, 6) is -0.0224. The van der Waals surface area contributed by atoms with Crippen LogP contribution in [0, 0.1) is 0 Å². The summed E-state index contributed by atoms with van der Waals surface area (Å²) in [6.07, 6.45) is 0.356. The minimum Gasteiger partial charge on any atom is -0.322 e. The number of hydrogen-bond donors (Lipinski definition) is 2. The number of imide groups is 1. The summed E-state index contributed by atoms with van der Waals surface area (Å²) in [7, 11) is 0. The highest BCUT2D eigenvalue weighted by atomic mass is 16.2. The summed E-state index contributed by atoms with van der Waals surface area (Å²) in [6.45, 7) is 5.41. The minimum atomic E-state index is -0.195. The number of hydrogen-bond acceptors (Lipinski definition) is 2. The van der Waals surface area contributed by atoms with Gasteiger partial charge in [0.15, 0.2) is 6.04 Å². The van der Waals surface area contributed by atoms with E-state index in [0.717, 1.165) is 38.3 Å². The first-order chi connectivity index (χ1) is 13.2. The van der Waals surface area contributed by atoms with Crippen molar-refractivity contribution in [3.63, 3.8) is 0 Å². The van der Waals surface area contributed by atoms with Crippen molar-refractivity contribution in [1.82, 2.24) is 4.90 Å². The molecule has 2 aliphatic heterocycles. The molecule has 0 radical (unpaired) electrons. The van der Waals surface area contributed by atoms with Gasteiger partial charge in [0.25, 0.3) is 5.91 Å². The van der Waals surface area contributed by atoms with Gasteiger partial charge in [-0.15, -0.1) is 0 Å². The Bertz CT molecular complexity index is 786. The van der Waals surface area contributed by atoms with Crippen molar-refractivity contribution in [2.24, 2.45) is 0 Å². The fourth-order valence-electron chi connectivity index (χ4n) is 4.27. The maximum Gasteiger partial charge on any atom is 0.288 e. The van der Waals surface area contributed by atoms with Crippen LogP contribution in [0.25, 0.3) is 0 Å². The smallest absolute Gasteiger partial charge is 0.288 e. The highest BCUT2D eigenvalue weighted by Crippen LogP contribution is 2.15. The number of benzene rings is 2. The monoisotopic (exact) mass is 365 g/mol. The third-order valence-corrected chi connectivity index (χ3v) is 5.82. The van der Waals surface area contributed by atoms with Gasteiger partial charge < -0.3 is 9.80 Å². The van der Waals surface area contributed by atoms with Crippen molar-refractivity contribution in [2.75, 3.05) is 26.2 Å². The van der Waals surface area contributed by atoms with Crippen molar-refractivity contribution >= 4 is 11.8 Å². The highest BCUT2D eigenvalue weighted by Gasteiger charge is 2.46. The number of carbonyl (C=O) groups is 2. The lowest BCUT2D eigenvalue weighted by Crippen LogP contribution is -3.29. The Kier molecular flexibility index (Phi) is 5.32. The van der Waals surface area contributed by atoms with Crippen LogP contribution in [0.1, 0.15) is 17.5 Å². The fraction of sp³-hybridized carbons (Fsp3) is 0.364. The van der Waals surface area contributed by atoms with Crippen LogP contribution in [0.5, 0.6) is 0 Å². The summed E-state index contributed by atoms with van der Waals surface area (Å²) >= 11 is 0. The zero-order chi connectivity index (χ0) is 18.6. The first kappa shape index (κ1) is 17.9. The van der Waals surface area contributed by atoms with Crippen LogP contribution in [0.3, 0.4) is 0 Å². The quantitative estimate of drug-likeness (QED) is 0.689. The Hall–Kier alpha value is -2.50. The average Bonchev–Trinajstić information content (AvgIpc) is 2.98. The molecular weight excluding hydrogens is 338 g/mol. The summed E-state index contributed by atoms with van der Waals surface area (Å²) in [6, 6.07) is 20.1. The van der Waals surface area contributed by atoms with Gasteiger partial charge in [-0.3, -0.25) is 14.5 Å². The zero-order valence-corrected chi connectivity index (χ0v) is 15.6. The van der Waals surface area contributed by atoms with E-state index in [2.05, 4.69) is 24.3 Å². The van der Waals surface area contributed by atoms with E-state index in [1.165, 1.54) is 15.4 Å². The third-order valence-electron chi connectivity index (χ3n) is 5.82. The Morgan fingerprint density at radius 3 is 2.04 bits per heavy atom. The summed E-state index contributed by atoms with van der Waals surface area (Å²) in [5, 5.41) is 0. The van der Waals surface area contributed by atoms with Gasteiger partial charge in [-0.1, -0.05) is 60.7 Å². The molecule has 2 aliphatic rings. The predicted molar refractivity (Wildman–Crippen MR) is 102 cm³/mol. The molecule has 2 aromatic rings. The number of quaternary nitrogens is 2. The molecule has 0 spiro atoms. The lowest BCUT2D eigenvalue weighted by Gasteiger charge is -2.32. The van der Waals surface area contributed by atoms with Gasteiger partial charge >= 0.3 is 0 Å². The number of carbonyl (C=O) groups excluding carboxylic acids is 2. The molecule has 5 nitrogen and oxygen atoms in total. The number of piperazine rings is 1. The normalized spacial score (nSPS) is 25.8. The van der Waals surface area contributed by atoms with E-state index < -0.39 is 0 Å². The van der Waals surface area contributed by atoms with E-state index in [4.69, 9.17) is 0 Å². The first-order valence-corrected chi connectivity index (χ1v) is 9.81. The lowest BCUT2D eigenvalue weighted by atomic mass is 10.1. The molecule has 140 valence electrons. The van der Waals surface area contributed by atoms with Gasteiger partial charge in [-0.25, -0.2) is 0 Å². The van der Waals surface area contributed by atoms with Crippen LogP contribution in [0.15, 0.2) is 60.7 Å². The maximum absolute atomic E-state index is 12.9. The minimum absolute atomic E-state index is 0.00497. The van der Waals surface area contributed by atoms with Gasteiger partial charge in [0.2, 0.25) is 5.91 Å². The zero-order valence-electron chi connectivity index (χ0n) is 15.6. The van der Waals surface area contributed by atoms with Crippen LogP contribution in [-0.2, 0) is 22.7 Å². The van der Waals surface area contributed by atoms with Crippen molar-refractivity contribution in [3.05, 3.63) is 71.8 Å². The third kappa shape index (κ3) is 4.10. The number of likely N-dealkylation sites (tertiary alicyclic amines) is 1. The number of nitrogens with zero attached hydrogens (tertiary/aromatic N) is 1. The average molecular weight is 365 g/mol. The van der Waals surface area contributed by atoms with Crippen LogP contribution >= 0.6 is 0 Å². The molecule has 2 fully saturated rings. The molecule has 2 heterocycles. The SMILES string of the molecule is O=C1C[C@H]([NH+]2CC[NH+](Cc3ccccc3)CC2)C(=O)N1Cc1ccccc1. The van der Waals surface area contributed by atoms with Crippen molar-refractivity contribution in [1.29, 1.82) is 0 Å². The molecular formula is C22H27N3O2+2. The second kappa shape index (κ2) is 8.03. The standard InChI is InChI=1S/C22H25N3O2/c26-21-15-20(22(27)25(21)17-19-9-5-2-6-10-19)24-13-11-23(12-14-24)16-18-7-3-1-4-8-18/h1-10,20H,11-17H2/p+2/t20-/m0/s1. The molecule has 5 heteroatoms. The second-order valence-corrected chi connectivity index (χ2v) is 7.63. The molecule has 0 aliphatic carbocycles. The molecule has 4 rings (SSSR count). The first-order valence-electron chi connectivity index (χ1n) is 9.81. The topological polar surface area (TPSA) is 46.3 Å². The van der Waals surface area contributed by atoms with Crippen molar-refractivity contribution < 1.29 is 19.4 Å². The van der Waals surface area contributed by atoms with Crippen LogP contribution in [0.2, 0.25) is 0 Å². The molecule has 2 saturated heterocycles. The van der Waals surface area contributed by atoms with E-state index in [0.29, 0.717) is 13.0 Å². The van der Waals surface area contributed by atoms with Gasteiger partial charge in [-0.2, -0.15) is 0 Å².